The molecule has 1 amide bonds. The number of methoxy groups -OCH3 is 1. The molecule has 5 heteroatoms. The molecule has 0 fully saturated rings. The summed E-state index contributed by atoms with van der Waals surface area (Å²) in [5.74, 6) is 0.623. The molecule has 2 aromatic rings. The van der Waals surface area contributed by atoms with Gasteiger partial charge in [0, 0.05) is 38.4 Å². The van der Waals surface area contributed by atoms with Crippen molar-refractivity contribution in [1.82, 2.24) is 0 Å². The van der Waals surface area contributed by atoms with Gasteiger partial charge in [0.05, 0.1) is 12.8 Å². The quantitative estimate of drug-likeness (QED) is 0.817. The first-order valence-corrected chi connectivity index (χ1v) is 7.95. The molecule has 0 heterocycles. The lowest BCUT2D eigenvalue weighted by Gasteiger charge is -2.14. The van der Waals surface area contributed by atoms with E-state index in [-0.39, 0.29) is 5.91 Å². The average Bonchev–Trinajstić information content (AvgIpc) is 2.55. The minimum atomic E-state index is -0.0451. The highest BCUT2D eigenvalue weighted by Crippen LogP contribution is 2.25. The van der Waals surface area contributed by atoms with Gasteiger partial charge in [0.1, 0.15) is 5.75 Å². The standard InChI is InChI=1S/C19H25N3O2/c1-14-5-10-18(24-4)17(13-14)21-19(23)11-12-20-15-6-8-16(9-7-15)22(2)3/h5-10,13,20H,11-12H2,1-4H3,(H,21,23). The van der Waals surface area contributed by atoms with Gasteiger partial charge in [0.25, 0.3) is 0 Å². The molecule has 0 aliphatic heterocycles. The van der Waals surface area contributed by atoms with Crippen molar-refractivity contribution < 1.29 is 9.53 Å². The van der Waals surface area contributed by atoms with Gasteiger partial charge in [0.15, 0.2) is 0 Å². The van der Waals surface area contributed by atoms with E-state index >= 15 is 0 Å². The Labute approximate surface area is 143 Å². The van der Waals surface area contributed by atoms with E-state index in [2.05, 4.69) is 10.6 Å². The Morgan fingerprint density at radius 1 is 1.12 bits per heavy atom. The summed E-state index contributed by atoms with van der Waals surface area (Å²) in [6.45, 7) is 2.55. The van der Waals surface area contributed by atoms with Crippen LogP contribution in [0.3, 0.4) is 0 Å². The minimum Gasteiger partial charge on any atom is -0.495 e. The number of nitrogens with one attached hydrogen (secondary N) is 2. The van der Waals surface area contributed by atoms with Crippen molar-refractivity contribution in [3.8, 4) is 5.75 Å². The van der Waals surface area contributed by atoms with Crippen LogP contribution < -0.4 is 20.3 Å². The predicted molar refractivity (Wildman–Crippen MR) is 100 cm³/mol. The van der Waals surface area contributed by atoms with Crippen molar-refractivity contribution in [1.29, 1.82) is 0 Å². The SMILES string of the molecule is COc1ccc(C)cc1NC(=O)CCNc1ccc(N(C)C)cc1. The fourth-order valence-corrected chi connectivity index (χ4v) is 2.33. The van der Waals surface area contributed by atoms with Gasteiger partial charge < -0.3 is 20.3 Å². The third-order valence-electron chi connectivity index (χ3n) is 3.69. The van der Waals surface area contributed by atoms with Gasteiger partial charge in [0.2, 0.25) is 5.91 Å². The fraction of sp³-hybridized carbons (Fsp3) is 0.316. The number of carbonyl (C=O) groups is 1. The Kier molecular flexibility index (Phi) is 6.07. The van der Waals surface area contributed by atoms with Crippen molar-refractivity contribution in [2.45, 2.75) is 13.3 Å². The lowest BCUT2D eigenvalue weighted by atomic mass is 10.2. The molecule has 24 heavy (non-hydrogen) atoms. The van der Waals surface area contributed by atoms with E-state index in [1.807, 2.05) is 68.4 Å². The molecule has 0 saturated heterocycles. The van der Waals surface area contributed by atoms with Gasteiger partial charge in [-0.2, -0.15) is 0 Å². The lowest BCUT2D eigenvalue weighted by molar-refractivity contribution is -0.115. The fourth-order valence-electron chi connectivity index (χ4n) is 2.33. The third kappa shape index (κ3) is 4.91. The summed E-state index contributed by atoms with van der Waals surface area (Å²) in [6.07, 6.45) is 0.381. The Bertz CT molecular complexity index is 682. The van der Waals surface area contributed by atoms with E-state index in [0.717, 1.165) is 16.9 Å². The number of hydrogen-bond donors (Lipinski definition) is 2. The Balaban J connectivity index is 1.84. The number of carbonyl (C=O) groups excluding carboxylic acids is 1. The molecule has 0 unspecified atom stereocenters. The van der Waals surface area contributed by atoms with E-state index in [1.165, 1.54) is 0 Å². The molecule has 2 aromatic carbocycles. The summed E-state index contributed by atoms with van der Waals surface area (Å²) in [6, 6.07) is 13.8. The monoisotopic (exact) mass is 327 g/mol. The van der Waals surface area contributed by atoms with Crippen molar-refractivity contribution in [3.05, 3.63) is 48.0 Å². The number of anilines is 3. The van der Waals surface area contributed by atoms with Gasteiger partial charge in [-0.3, -0.25) is 4.79 Å². The van der Waals surface area contributed by atoms with Gasteiger partial charge in [-0.1, -0.05) is 6.07 Å². The summed E-state index contributed by atoms with van der Waals surface area (Å²) in [5.41, 5.74) is 3.93. The van der Waals surface area contributed by atoms with Crippen LogP contribution >= 0.6 is 0 Å². The number of rotatable bonds is 7. The second kappa shape index (κ2) is 8.24. The summed E-state index contributed by atoms with van der Waals surface area (Å²) < 4.78 is 5.27. The zero-order chi connectivity index (χ0) is 17.5. The third-order valence-corrected chi connectivity index (χ3v) is 3.69. The summed E-state index contributed by atoms with van der Waals surface area (Å²) in [5, 5.41) is 6.16. The summed E-state index contributed by atoms with van der Waals surface area (Å²) in [4.78, 5) is 14.2. The second-order valence-electron chi connectivity index (χ2n) is 5.87. The number of nitrogens with zero attached hydrogens (tertiary/aromatic N) is 1. The molecule has 0 aliphatic carbocycles. The highest BCUT2D eigenvalue weighted by molar-refractivity contribution is 5.92. The van der Waals surface area contributed by atoms with E-state index < -0.39 is 0 Å². The van der Waals surface area contributed by atoms with E-state index in [4.69, 9.17) is 4.74 Å². The summed E-state index contributed by atoms with van der Waals surface area (Å²) >= 11 is 0. The van der Waals surface area contributed by atoms with Crippen LogP contribution in [0.15, 0.2) is 42.5 Å². The molecule has 0 saturated carbocycles. The molecule has 0 aliphatic rings. The van der Waals surface area contributed by atoms with Gasteiger partial charge in [-0.25, -0.2) is 0 Å². The van der Waals surface area contributed by atoms with E-state index in [0.29, 0.717) is 24.4 Å². The van der Waals surface area contributed by atoms with Crippen LogP contribution in [0.4, 0.5) is 17.1 Å². The van der Waals surface area contributed by atoms with Crippen LogP contribution in [-0.2, 0) is 4.79 Å². The molecule has 128 valence electrons. The maximum absolute atomic E-state index is 12.1. The Morgan fingerprint density at radius 2 is 1.83 bits per heavy atom. The molecular formula is C19H25N3O2. The highest BCUT2D eigenvalue weighted by atomic mass is 16.5. The number of hydrogen-bond acceptors (Lipinski definition) is 4. The largest absolute Gasteiger partial charge is 0.495 e. The first kappa shape index (κ1) is 17.7. The minimum absolute atomic E-state index is 0.0451. The highest BCUT2D eigenvalue weighted by Gasteiger charge is 2.07. The van der Waals surface area contributed by atoms with Crippen LogP contribution in [0, 0.1) is 6.92 Å². The normalized spacial score (nSPS) is 10.2. The van der Waals surface area contributed by atoms with Crippen molar-refractivity contribution in [2.24, 2.45) is 0 Å². The summed E-state index contributed by atoms with van der Waals surface area (Å²) in [7, 11) is 5.61. The van der Waals surface area contributed by atoms with Crippen molar-refractivity contribution in [3.63, 3.8) is 0 Å². The first-order chi connectivity index (χ1) is 11.5. The van der Waals surface area contributed by atoms with Crippen LogP contribution in [0.1, 0.15) is 12.0 Å². The Hall–Kier alpha value is -2.69. The molecule has 2 rings (SSSR count). The molecule has 5 nitrogen and oxygen atoms in total. The predicted octanol–water partition coefficient (Wildman–Crippen LogP) is 3.51. The first-order valence-electron chi connectivity index (χ1n) is 7.95. The van der Waals surface area contributed by atoms with Gasteiger partial charge >= 0.3 is 0 Å². The molecule has 0 aromatic heterocycles. The smallest absolute Gasteiger partial charge is 0.226 e. The van der Waals surface area contributed by atoms with Gasteiger partial charge in [-0.05, 0) is 48.9 Å². The van der Waals surface area contributed by atoms with Crippen molar-refractivity contribution >= 4 is 23.0 Å². The number of benzene rings is 2. The van der Waals surface area contributed by atoms with Crippen LogP contribution in [0.25, 0.3) is 0 Å². The van der Waals surface area contributed by atoms with Crippen LogP contribution in [0.2, 0.25) is 0 Å². The van der Waals surface area contributed by atoms with Crippen molar-refractivity contribution in [2.75, 3.05) is 43.3 Å². The average molecular weight is 327 g/mol. The molecule has 0 radical (unpaired) electrons. The number of ether oxygens (including phenoxy) is 1. The van der Waals surface area contributed by atoms with E-state index in [9.17, 15) is 4.79 Å². The lowest BCUT2D eigenvalue weighted by Crippen LogP contribution is -2.17. The molecule has 0 atom stereocenters. The van der Waals surface area contributed by atoms with Crippen LogP contribution in [-0.4, -0.2) is 33.7 Å². The topological polar surface area (TPSA) is 53.6 Å². The van der Waals surface area contributed by atoms with Crippen LogP contribution in [0.5, 0.6) is 5.75 Å². The number of aryl methyl sites for hydroxylation is 1. The molecule has 0 spiro atoms. The molecule has 0 bridgehead atoms. The van der Waals surface area contributed by atoms with Gasteiger partial charge in [-0.15, -0.1) is 0 Å². The molecule has 2 N–H and O–H groups in total. The second-order valence-corrected chi connectivity index (χ2v) is 5.87. The Morgan fingerprint density at radius 3 is 2.46 bits per heavy atom. The molecular weight excluding hydrogens is 302 g/mol. The number of amides is 1. The maximum atomic E-state index is 12.1. The maximum Gasteiger partial charge on any atom is 0.226 e. The zero-order valence-electron chi connectivity index (χ0n) is 14.7. The van der Waals surface area contributed by atoms with E-state index in [1.54, 1.807) is 7.11 Å². The zero-order valence-corrected chi connectivity index (χ0v) is 14.7.